The predicted octanol–water partition coefficient (Wildman–Crippen LogP) is 2.52. The molecule has 0 saturated carbocycles. The normalized spacial score (nSPS) is 13.6. The van der Waals surface area contributed by atoms with E-state index in [0.717, 1.165) is 16.6 Å². The van der Waals surface area contributed by atoms with Gasteiger partial charge in [0.15, 0.2) is 5.16 Å². The van der Waals surface area contributed by atoms with E-state index in [1.54, 1.807) is 13.1 Å². The Hall–Kier alpha value is -4.20. The number of ether oxygens (including phenoxy) is 2. The topological polar surface area (TPSA) is 147 Å². The number of carbonyl (C=O) groups excluding carboxylic acids is 1. The van der Waals surface area contributed by atoms with Gasteiger partial charge in [0.1, 0.15) is 11.4 Å². The lowest BCUT2D eigenvalue weighted by molar-refractivity contribution is 0.0526. The first-order valence-electron chi connectivity index (χ1n) is 11.7. The molecule has 0 unspecified atom stereocenters. The number of aromatic nitrogens is 7. The van der Waals surface area contributed by atoms with Crippen molar-refractivity contribution < 1.29 is 14.3 Å². The molecule has 192 valence electrons. The molecule has 0 atom stereocenters. The minimum atomic E-state index is -0.432. The second-order valence-electron chi connectivity index (χ2n) is 8.03. The first-order valence-corrected chi connectivity index (χ1v) is 12.9. The lowest BCUT2D eigenvalue weighted by atomic mass is 10.2. The molecule has 37 heavy (non-hydrogen) atoms. The molecule has 0 amide bonds. The van der Waals surface area contributed by atoms with Crippen molar-refractivity contribution >= 4 is 52.0 Å². The molecule has 13 nitrogen and oxygen atoms in total. The number of benzene rings is 1. The second kappa shape index (κ2) is 10.8. The number of methoxy groups -OCH3 is 1. The zero-order valence-electron chi connectivity index (χ0n) is 20.6. The van der Waals surface area contributed by atoms with Crippen molar-refractivity contribution in [3.8, 4) is 6.01 Å². The Labute approximate surface area is 217 Å². The van der Waals surface area contributed by atoms with Crippen molar-refractivity contribution in [1.82, 2.24) is 35.1 Å². The number of nitrogens with one attached hydrogen (secondary N) is 2. The molecule has 14 heteroatoms. The van der Waals surface area contributed by atoms with Crippen molar-refractivity contribution in [2.24, 2.45) is 0 Å². The maximum absolute atomic E-state index is 12.5. The van der Waals surface area contributed by atoms with Gasteiger partial charge in [0, 0.05) is 43.4 Å². The fourth-order valence-electron chi connectivity index (χ4n) is 3.95. The molecule has 1 aromatic carbocycles. The molecule has 0 radical (unpaired) electrons. The number of hydrogen-bond donors (Lipinski definition) is 2. The van der Waals surface area contributed by atoms with Gasteiger partial charge >= 0.3 is 12.0 Å². The van der Waals surface area contributed by atoms with Gasteiger partial charge in [-0.05, 0) is 31.4 Å². The van der Waals surface area contributed by atoms with Crippen LogP contribution in [0.4, 0.5) is 23.4 Å². The van der Waals surface area contributed by atoms with Gasteiger partial charge in [-0.25, -0.2) is 14.8 Å². The largest absolute Gasteiger partial charge is 0.467 e. The average Bonchev–Trinajstić information content (AvgIpc) is 3.41. The third-order valence-electron chi connectivity index (χ3n) is 5.77. The maximum Gasteiger partial charge on any atom is 0.343 e. The van der Waals surface area contributed by atoms with Crippen LogP contribution >= 0.6 is 11.8 Å². The molecule has 0 bridgehead atoms. The number of thioether (sulfide) groups is 1. The number of aromatic amines is 1. The number of esters is 1. The minimum Gasteiger partial charge on any atom is -0.467 e. The molecule has 1 aliphatic heterocycles. The molecular weight excluding hydrogens is 496 g/mol. The summed E-state index contributed by atoms with van der Waals surface area (Å²) in [5.74, 6) is 1.00. The Morgan fingerprint density at radius 2 is 1.92 bits per heavy atom. The van der Waals surface area contributed by atoms with Crippen LogP contribution in [-0.2, 0) is 4.74 Å². The van der Waals surface area contributed by atoms with Crippen LogP contribution in [-0.4, -0.2) is 87.2 Å². The molecule has 4 heterocycles. The Kier molecular flexibility index (Phi) is 7.16. The predicted molar refractivity (Wildman–Crippen MR) is 140 cm³/mol. The summed E-state index contributed by atoms with van der Waals surface area (Å²) >= 11 is 1.42. The fraction of sp³-hybridized carbons (Fsp3) is 0.348. The molecule has 5 rings (SSSR count). The van der Waals surface area contributed by atoms with Crippen LogP contribution < -0.4 is 19.9 Å². The summed E-state index contributed by atoms with van der Waals surface area (Å²) in [4.78, 5) is 38.9. The van der Waals surface area contributed by atoms with E-state index in [-0.39, 0.29) is 12.6 Å². The summed E-state index contributed by atoms with van der Waals surface area (Å²) < 4.78 is 10.6. The van der Waals surface area contributed by atoms with Crippen LogP contribution in [0.1, 0.15) is 17.3 Å². The van der Waals surface area contributed by atoms with E-state index in [9.17, 15) is 4.79 Å². The molecule has 0 aliphatic carbocycles. The lowest BCUT2D eigenvalue weighted by Gasteiger charge is -2.36. The van der Waals surface area contributed by atoms with Gasteiger partial charge in [-0.3, -0.25) is 5.10 Å². The number of piperazine rings is 1. The Morgan fingerprint density at radius 1 is 1.11 bits per heavy atom. The summed E-state index contributed by atoms with van der Waals surface area (Å²) in [7, 11) is 1.52. The first kappa shape index (κ1) is 24.5. The maximum atomic E-state index is 12.5. The van der Waals surface area contributed by atoms with Crippen molar-refractivity contribution in [3.63, 3.8) is 0 Å². The van der Waals surface area contributed by atoms with Crippen LogP contribution in [0.3, 0.4) is 0 Å². The van der Waals surface area contributed by atoms with E-state index in [4.69, 9.17) is 9.47 Å². The number of H-pyrrole nitrogens is 1. The summed E-state index contributed by atoms with van der Waals surface area (Å²) in [5, 5.41) is 11.8. The molecule has 1 fully saturated rings. The quantitative estimate of drug-likeness (QED) is 0.199. The zero-order valence-corrected chi connectivity index (χ0v) is 21.4. The standard InChI is InChI=1S/C23H26N10O3S/c1-4-36-19(34)16-13-24-23(37-3)27-18(16)32-7-9-33(10-8-32)21-28-20(29-22(30-21)35-2)26-15-6-5-14-12-25-31-17(14)11-15/h5-6,11-13H,4,7-10H2,1-3H3,(H,25,31)(H,26,28,29,30). The number of rotatable bonds is 8. The van der Waals surface area contributed by atoms with Crippen LogP contribution in [0.15, 0.2) is 35.7 Å². The fourth-order valence-corrected chi connectivity index (χ4v) is 4.28. The number of fused-ring (bicyclic) bond motifs is 1. The molecule has 4 aromatic rings. The average molecular weight is 523 g/mol. The monoisotopic (exact) mass is 522 g/mol. The smallest absolute Gasteiger partial charge is 0.343 e. The van der Waals surface area contributed by atoms with Crippen LogP contribution in [0, 0.1) is 0 Å². The molecule has 1 aliphatic rings. The van der Waals surface area contributed by atoms with Gasteiger partial charge in [0.05, 0.1) is 25.4 Å². The van der Waals surface area contributed by atoms with Crippen molar-refractivity contribution in [2.75, 3.05) is 61.3 Å². The minimum absolute atomic E-state index is 0.211. The third kappa shape index (κ3) is 5.33. The zero-order chi connectivity index (χ0) is 25.8. The SMILES string of the molecule is CCOC(=O)c1cnc(SC)nc1N1CCN(c2nc(Nc3ccc4cn[nH]c4c3)nc(OC)n2)CC1. The molecule has 1 saturated heterocycles. The van der Waals surface area contributed by atoms with Crippen LogP contribution in [0.25, 0.3) is 10.9 Å². The highest BCUT2D eigenvalue weighted by Gasteiger charge is 2.26. The highest BCUT2D eigenvalue weighted by molar-refractivity contribution is 7.98. The van der Waals surface area contributed by atoms with Crippen LogP contribution in [0.2, 0.25) is 0 Å². The lowest BCUT2D eigenvalue weighted by Crippen LogP contribution is -2.48. The Morgan fingerprint density at radius 3 is 2.68 bits per heavy atom. The van der Waals surface area contributed by atoms with E-state index in [0.29, 0.717) is 54.6 Å². The van der Waals surface area contributed by atoms with Crippen molar-refractivity contribution in [2.45, 2.75) is 12.1 Å². The molecular formula is C23H26N10O3S. The number of hydrogen-bond acceptors (Lipinski definition) is 13. The van der Waals surface area contributed by atoms with E-state index in [1.807, 2.05) is 29.4 Å². The van der Waals surface area contributed by atoms with Crippen LogP contribution in [0.5, 0.6) is 6.01 Å². The summed E-state index contributed by atoms with van der Waals surface area (Å²) in [6, 6.07) is 6.03. The van der Waals surface area contributed by atoms with Gasteiger partial charge in [0.2, 0.25) is 11.9 Å². The van der Waals surface area contributed by atoms with E-state index in [2.05, 4.69) is 45.3 Å². The molecule has 3 aromatic heterocycles. The summed E-state index contributed by atoms with van der Waals surface area (Å²) in [6.07, 6.45) is 5.20. The van der Waals surface area contributed by atoms with Gasteiger partial charge in [-0.2, -0.15) is 20.1 Å². The van der Waals surface area contributed by atoms with Gasteiger partial charge < -0.3 is 24.6 Å². The number of nitrogens with zero attached hydrogens (tertiary/aromatic N) is 8. The van der Waals surface area contributed by atoms with Gasteiger partial charge in [-0.1, -0.05) is 11.8 Å². The summed E-state index contributed by atoms with van der Waals surface area (Å²) in [5.41, 5.74) is 2.06. The summed E-state index contributed by atoms with van der Waals surface area (Å²) in [6.45, 7) is 4.47. The number of carbonyl (C=O) groups is 1. The first-order chi connectivity index (χ1) is 18.1. The number of anilines is 4. The highest BCUT2D eigenvalue weighted by Crippen LogP contribution is 2.25. The Balaban J connectivity index is 1.34. The Bertz CT molecular complexity index is 1410. The molecule has 2 N–H and O–H groups in total. The second-order valence-corrected chi connectivity index (χ2v) is 8.80. The van der Waals surface area contributed by atoms with Crippen molar-refractivity contribution in [3.05, 3.63) is 36.2 Å². The van der Waals surface area contributed by atoms with E-state index in [1.165, 1.54) is 25.1 Å². The van der Waals surface area contributed by atoms with E-state index < -0.39 is 5.97 Å². The third-order valence-corrected chi connectivity index (χ3v) is 6.33. The van der Waals surface area contributed by atoms with Gasteiger partial charge in [0.25, 0.3) is 0 Å². The molecule has 0 spiro atoms. The highest BCUT2D eigenvalue weighted by atomic mass is 32.2. The van der Waals surface area contributed by atoms with Crippen molar-refractivity contribution in [1.29, 1.82) is 0 Å². The van der Waals surface area contributed by atoms with E-state index >= 15 is 0 Å². The van der Waals surface area contributed by atoms with Gasteiger partial charge in [-0.15, -0.1) is 0 Å².